The zero-order chi connectivity index (χ0) is 14.7. The average molecular weight is 308 g/mol. The van der Waals surface area contributed by atoms with Crippen molar-refractivity contribution >= 4 is 11.3 Å². The smallest absolute Gasteiger partial charge is 0.0897 e. The molecule has 118 valence electrons. The fourth-order valence-electron chi connectivity index (χ4n) is 3.59. The van der Waals surface area contributed by atoms with Crippen molar-refractivity contribution in [3.05, 3.63) is 16.1 Å². The Hall–Kier alpha value is -0.490. The van der Waals surface area contributed by atoms with E-state index in [0.29, 0.717) is 5.41 Å². The summed E-state index contributed by atoms with van der Waals surface area (Å²) in [6, 6.07) is 0. The summed E-state index contributed by atoms with van der Waals surface area (Å²) < 4.78 is 0. The third-order valence-corrected chi connectivity index (χ3v) is 5.62. The van der Waals surface area contributed by atoms with E-state index in [-0.39, 0.29) is 0 Å². The van der Waals surface area contributed by atoms with Gasteiger partial charge < -0.3 is 10.2 Å². The lowest BCUT2D eigenvalue weighted by Crippen LogP contribution is -2.39. The van der Waals surface area contributed by atoms with E-state index in [0.717, 1.165) is 6.54 Å². The second kappa shape index (κ2) is 6.73. The van der Waals surface area contributed by atoms with Gasteiger partial charge in [0, 0.05) is 38.1 Å². The molecule has 5 heteroatoms. The summed E-state index contributed by atoms with van der Waals surface area (Å²) in [6.45, 7) is 14.0. The number of aryl methyl sites for hydroxylation is 1. The number of nitrogens with one attached hydrogen (secondary N) is 1. The summed E-state index contributed by atoms with van der Waals surface area (Å²) in [6.07, 6.45) is 2.61. The van der Waals surface area contributed by atoms with Gasteiger partial charge in [0.25, 0.3) is 0 Å². The normalized spacial score (nSPS) is 28.9. The van der Waals surface area contributed by atoms with Crippen molar-refractivity contribution in [1.82, 2.24) is 20.1 Å². The van der Waals surface area contributed by atoms with Crippen molar-refractivity contribution in [2.45, 2.75) is 33.2 Å². The van der Waals surface area contributed by atoms with Gasteiger partial charge in [-0.3, -0.25) is 4.90 Å². The van der Waals surface area contributed by atoms with Gasteiger partial charge in [0.05, 0.1) is 10.7 Å². The van der Waals surface area contributed by atoms with Gasteiger partial charge in [0.15, 0.2) is 0 Å². The first-order valence-electron chi connectivity index (χ1n) is 8.19. The minimum Gasteiger partial charge on any atom is -0.316 e. The zero-order valence-corrected chi connectivity index (χ0v) is 14.2. The SMILES string of the molecule is Cc1nc(CN2CCCN(CC3(C)CCNC3)CC2)cs1. The molecule has 2 saturated heterocycles. The Morgan fingerprint density at radius 2 is 2.10 bits per heavy atom. The summed E-state index contributed by atoms with van der Waals surface area (Å²) in [5, 5.41) is 6.91. The van der Waals surface area contributed by atoms with Crippen molar-refractivity contribution in [1.29, 1.82) is 0 Å². The van der Waals surface area contributed by atoms with E-state index in [9.17, 15) is 0 Å². The van der Waals surface area contributed by atoms with Gasteiger partial charge in [-0.25, -0.2) is 4.98 Å². The van der Waals surface area contributed by atoms with E-state index in [1.807, 2.05) is 0 Å². The molecule has 3 heterocycles. The predicted octanol–water partition coefficient (Wildman–Crippen LogP) is 1.96. The molecule has 0 aliphatic carbocycles. The van der Waals surface area contributed by atoms with E-state index < -0.39 is 0 Å². The summed E-state index contributed by atoms with van der Waals surface area (Å²) in [4.78, 5) is 9.86. The maximum Gasteiger partial charge on any atom is 0.0897 e. The molecule has 1 aromatic heterocycles. The van der Waals surface area contributed by atoms with Crippen LogP contribution in [0.4, 0.5) is 0 Å². The highest BCUT2D eigenvalue weighted by molar-refractivity contribution is 7.09. The summed E-state index contributed by atoms with van der Waals surface area (Å²) >= 11 is 1.76. The lowest BCUT2D eigenvalue weighted by atomic mass is 9.89. The van der Waals surface area contributed by atoms with Crippen molar-refractivity contribution in [3.8, 4) is 0 Å². The van der Waals surface area contributed by atoms with Crippen LogP contribution in [0.5, 0.6) is 0 Å². The molecule has 1 aromatic rings. The quantitative estimate of drug-likeness (QED) is 0.921. The lowest BCUT2D eigenvalue weighted by molar-refractivity contribution is 0.178. The van der Waals surface area contributed by atoms with Gasteiger partial charge in [0.2, 0.25) is 0 Å². The standard InChI is InChI=1S/C16H28N4S/c1-14-18-15(11-21-14)10-19-6-3-7-20(9-8-19)13-16(2)4-5-17-12-16/h11,17H,3-10,12-13H2,1-2H3. The third-order valence-electron chi connectivity index (χ3n) is 4.80. The molecule has 0 spiro atoms. The Morgan fingerprint density at radius 1 is 1.29 bits per heavy atom. The Bertz CT molecular complexity index is 453. The van der Waals surface area contributed by atoms with Crippen LogP contribution in [-0.4, -0.2) is 60.6 Å². The first kappa shape index (κ1) is 15.4. The molecule has 3 rings (SSSR count). The van der Waals surface area contributed by atoms with Crippen LogP contribution in [0, 0.1) is 12.3 Å². The van der Waals surface area contributed by atoms with E-state index in [1.165, 1.54) is 69.4 Å². The van der Waals surface area contributed by atoms with Gasteiger partial charge in [-0.2, -0.15) is 0 Å². The zero-order valence-electron chi connectivity index (χ0n) is 13.4. The largest absolute Gasteiger partial charge is 0.316 e. The third kappa shape index (κ3) is 4.25. The first-order valence-corrected chi connectivity index (χ1v) is 9.07. The van der Waals surface area contributed by atoms with Gasteiger partial charge >= 0.3 is 0 Å². The molecule has 4 nitrogen and oxygen atoms in total. The fraction of sp³-hybridized carbons (Fsp3) is 0.812. The minimum absolute atomic E-state index is 0.487. The Morgan fingerprint density at radius 3 is 2.81 bits per heavy atom. The highest BCUT2D eigenvalue weighted by Gasteiger charge is 2.31. The van der Waals surface area contributed by atoms with Crippen molar-refractivity contribution < 1.29 is 0 Å². The average Bonchev–Trinajstić information content (AvgIpc) is 2.98. The molecule has 0 saturated carbocycles. The molecule has 1 unspecified atom stereocenters. The predicted molar refractivity (Wildman–Crippen MR) is 88.8 cm³/mol. The molecule has 0 radical (unpaired) electrons. The monoisotopic (exact) mass is 308 g/mol. The summed E-state index contributed by atoms with van der Waals surface area (Å²) in [5.74, 6) is 0. The maximum absolute atomic E-state index is 4.60. The molecular formula is C16H28N4S. The van der Waals surface area contributed by atoms with Gasteiger partial charge in [-0.15, -0.1) is 11.3 Å². The van der Waals surface area contributed by atoms with Crippen LogP contribution in [0.3, 0.4) is 0 Å². The molecular weight excluding hydrogens is 280 g/mol. The van der Waals surface area contributed by atoms with Gasteiger partial charge in [0.1, 0.15) is 0 Å². The topological polar surface area (TPSA) is 31.4 Å². The number of hydrogen-bond donors (Lipinski definition) is 1. The molecule has 2 aliphatic rings. The Labute approximate surface area is 132 Å². The van der Waals surface area contributed by atoms with Gasteiger partial charge in [-0.1, -0.05) is 6.92 Å². The second-order valence-electron chi connectivity index (χ2n) is 7.00. The molecule has 0 aromatic carbocycles. The van der Waals surface area contributed by atoms with Crippen LogP contribution in [-0.2, 0) is 6.54 Å². The molecule has 2 aliphatic heterocycles. The van der Waals surface area contributed by atoms with Crippen LogP contribution < -0.4 is 5.32 Å². The van der Waals surface area contributed by atoms with Crippen LogP contribution in [0.25, 0.3) is 0 Å². The lowest BCUT2D eigenvalue weighted by Gasteiger charge is -2.31. The number of thiazole rings is 1. The van der Waals surface area contributed by atoms with Crippen LogP contribution in [0.2, 0.25) is 0 Å². The van der Waals surface area contributed by atoms with Crippen LogP contribution in [0.15, 0.2) is 5.38 Å². The molecule has 1 N–H and O–H groups in total. The number of rotatable bonds is 4. The summed E-state index contributed by atoms with van der Waals surface area (Å²) in [7, 11) is 0. The number of hydrogen-bond acceptors (Lipinski definition) is 5. The minimum atomic E-state index is 0.487. The second-order valence-corrected chi connectivity index (χ2v) is 8.06. The summed E-state index contributed by atoms with van der Waals surface area (Å²) in [5.41, 5.74) is 1.74. The molecule has 0 amide bonds. The van der Waals surface area contributed by atoms with Crippen molar-refractivity contribution in [3.63, 3.8) is 0 Å². The van der Waals surface area contributed by atoms with E-state index in [1.54, 1.807) is 11.3 Å². The first-order chi connectivity index (χ1) is 10.1. The van der Waals surface area contributed by atoms with E-state index >= 15 is 0 Å². The van der Waals surface area contributed by atoms with E-state index in [4.69, 9.17) is 0 Å². The van der Waals surface area contributed by atoms with E-state index in [2.05, 4.69) is 39.3 Å². The Kier molecular flexibility index (Phi) is 4.94. The molecule has 21 heavy (non-hydrogen) atoms. The number of aromatic nitrogens is 1. The Balaban J connectivity index is 1.49. The highest BCUT2D eigenvalue weighted by Crippen LogP contribution is 2.26. The highest BCUT2D eigenvalue weighted by atomic mass is 32.1. The molecule has 2 fully saturated rings. The van der Waals surface area contributed by atoms with Crippen molar-refractivity contribution in [2.75, 3.05) is 45.8 Å². The maximum atomic E-state index is 4.60. The van der Waals surface area contributed by atoms with Crippen molar-refractivity contribution in [2.24, 2.45) is 5.41 Å². The van der Waals surface area contributed by atoms with Crippen LogP contribution in [0.1, 0.15) is 30.5 Å². The fourth-order valence-corrected chi connectivity index (χ4v) is 4.20. The van der Waals surface area contributed by atoms with Crippen LogP contribution >= 0.6 is 11.3 Å². The molecule has 1 atom stereocenters. The molecule has 0 bridgehead atoms. The number of nitrogens with zero attached hydrogens (tertiary/aromatic N) is 3. The van der Waals surface area contributed by atoms with Gasteiger partial charge in [-0.05, 0) is 44.8 Å².